The summed E-state index contributed by atoms with van der Waals surface area (Å²) in [5.41, 5.74) is 1.000. The van der Waals surface area contributed by atoms with Crippen LogP contribution in [0, 0.1) is 0 Å². The third-order valence-electron chi connectivity index (χ3n) is 1.41. The molecule has 0 N–H and O–H groups in total. The fourth-order valence-corrected chi connectivity index (χ4v) is 2.47. The SMILES string of the molecule is C[Si](C)(C)OC(=S)c1ccccc1. The van der Waals surface area contributed by atoms with Gasteiger partial charge in [0.2, 0.25) is 8.32 Å². The van der Waals surface area contributed by atoms with Gasteiger partial charge in [-0.25, -0.2) is 0 Å². The molecular weight excluding hydrogens is 196 g/mol. The van der Waals surface area contributed by atoms with Crippen molar-refractivity contribution in [2.24, 2.45) is 0 Å². The minimum Gasteiger partial charge on any atom is -0.536 e. The lowest BCUT2D eigenvalue weighted by atomic mass is 10.2. The van der Waals surface area contributed by atoms with Crippen LogP contribution >= 0.6 is 12.2 Å². The van der Waals surface area contributed by atoms with Crippen LogP contribution in [0.5, 0.6) is 0 Å². The van der Waals surface area contributed by atoms with Crippen molar-refractivity contribution in [3.05, 3.63) is 35.9 Å². The number of rotatable bonds is 2. The molecule has 1 aromatic rings. The van der Waals surface area contributed by atoms with Crippen LogP contribution in [-0.2, 0) is 4.43 Å². The predicted octanol–water partition coefficient (Wildman–Crippen LogP) is 3.21. The van der Waals surface area contributed by atoms with Gasteiger partial charge in [0.1, 0.15) is 0 Å². The molecule has 0 aliphatic carbocycles. The molecule has 1 nitrogen and oxygen atoms in total. The first kappa shape index (κ1) is 10.4. The molecule has 0 unspecified atom stereocenters. The molecule has 0 aromatic heterocycles. The zero-order valence-electron chi connectivity index (χ0n) is 8.20. The van der Waals surface area contributed by atoms with Crippen molar-refractivity contribution in [1.82, 2.24) is 0 Å². The zero-order chi connectivity index (χ0) is 9.90. The molecule has 0 aliphatic rings. The van der Waals surface area contributed by atoms with E-state index in [1.807, 2.05) is 30.3 Å². The lowest BCUT2D eigenvalue weighted by Crippen LogP contribution is -2.28. The highest BCUT2D eigenvalue weighted by atomic mass is 32.1. The molecule has 3 heteroatoms. The molecule has 1 rings (SSSR count). The summed E-state index contributed by atoms with van der Waals surface area (Å²) in [6.45, 7) is 6.38. The number of thiocarbonyl (C=S) groups is 1. The van der Waals surface area contributed by atoms with Crippen LogP contribution in [0.4, 0.5) is 0 Å². The lowest BCUT2D eigenvalue weighted by molar-refractivity contribution is 0.568. The summed E-state index contributed by atoms with van der Waals surface area (Å²) in [6, 6.07) is 9.86. The molecule has 0 spiro atoms. The molecule has 0 radical (unpaired) electrons. The fourth-order valence-electron chi connectivity index (χ4n) is 0.911. The van der Waals surface area contributed by atoms with E-state index in [9.17, 15) is 0 Å². The Morgan fingerprint density at radius 2 is 1.69 bits per heavy atom. The van der Waals surface area contributed by atoms with Gasteiger partial charge >= 0.3 is 0 Å². The van der Waals surface area contributed by atoms with Crippen molar-refractivity contribution in [1.29, 1.82) is 0 Å². The maximum atomic E-state index is 5.69. The second-order valence-electron chi connectivity index (χ2n) is 3.87. The van der Waals surface area contributed by atoms with Gasteiger partial charge in [-0.3, -0.25) is 0 Å². The van der Waals surface area contributed by atoms with Crippen LogP contribution in [0.1, 0.15) is 5.56 Å². The van der Waals surface area contributed by atoms with Gasteiger partial charge < -0.3 is 4.43 Å². The summed E-state index contributed by atoms with van der Waals surface area (Å²) in [4.78, 5) is 0. The Kier molecular flexibility index (Phi) is 3.22. The van der Waals surface area contributed by atoms with Crippen LogP contribution in [0.3, 0.4) is 0 Å². The van der Waals surface area contributed by atoms with Gasteiger partial charge in [0.05, 0.1) is 0 Å². The largest absolute Gasteiger partial charge is 0.536 e. The predicted molar refractivity (Wildman–Crippen MR) is 62.6 cm³/mol. The number of hydrogen-bond acceptors (Lipinski definition) is 2. The van der Waals surface area contributed by atoms with Crippen molar-refractivity contribution >= 4 is 25.6 Å². The van der Waals surface area contributed by atoms with Gasteiger partial charge in [0, 0.05) is 5.56 Å². The highest BCUT2D eigenvalue weighted by Crippen LogP contribution is 2.09. The van der Waals surface area contributed by atoms with Crippen LogP contribution in [0.2, 0.25) is 19.6 Å². The molecule has 0 atom stereocenters. The van der Waals surface area contributed by atoms with E-state index in [-0.39, 0.29) is 0 Å². The molecule has 0 fully saturated rings. The Hall–Kier alpha value is -0.673. The fraction of sp³-hybridized carbons (Fsp3) is 0.300. The maximum Gasteiger partial charge on any atom is 0.243 e. The van der Waals surface area contributed by atoms with E-state index in [0.29, 0.717) is 5.05 Å². The first-order valence-corrected chi connectivity index (χ1v) is 8.09. The van der Waals surface area contributed by atoms with Crippen molar-refractivity contribution in [3.63, 3.8) is 0 Å². The van der Waals surface area contributed by atoms with Crippen molar-refractivity contribution in [2.45, 2.75) is 19.6 Å². The molecule has 1 aromatic carbocycles. The Morgan fingerprint density at radius 1 is 1.15 bits per heavy atom. The molecule has 0 heterocycles. The Morgan fingerprint density at radius 3 is 2.15 bits per heavy atom. The van der Waals surface area contributed by atoms with Gasteiger partial charge in [-0.2, -0.15) is 0 Å². The quantitative estimate of drug-likeness (QED) is 0.547. The van der Waals surface area contributed by atoms with E-state index in [2.05, 4.69) is 19.6 Å². The van der Waals surface area contributed by atoms with Crippen molar-refractivity contribution in [2.75, 3.05) is 0 Å². The summed E-state index contributed by atoms with van der Waals surface area (Å²) < 4.78 is 5.69. The average Bonchev–Trinajstić information content (AvgIpc) is 2.03. The molecule has 0 aliphatic heterocycles. The highest BCUT2D eigenvalue weighted by Gasteiger charge is 2.18. The summed E-state index contributed by atoms with van der Waals surface area (Å²) in [7, 11) is -1.54. The standard InChI is InChI=1S/C10H14OSSi/c1-13(2,3)11-10(12)9-7-5-4-6-8-9/h4-8H,1-3H3. The van der Waals surface area contributed by atoms with Crippen LogP contribution in [0.25, 0.3) is 0 Å². The van der Waals surface area contributed by atoms with Gasteiger partial charge in [-0.1, -0.05) is 30.3 Å². The number of benzene rings is 1. The van der Waals surface area contributed by atoms with E-state index >= 15 is 0 Å². The Balaban J connectivity index is 2.71. The third kappa shape index (κ3) is 3.70. The van der Waals surface area contributed by atoms with E-state index in [4.69, 9.17) is 16.6 Å². The molecule has 0 amide bonds. The molecule has 0 saturated carbocycles. The minimum atomic E-state index is -1.54. The second kappa shape index (κ2) is 4.02. The average molecular weight is 210 g/mol. The van der Waals surface area contributed by atoms with Crippen molar-refractivity contribution < 1.29 is 4.43 Å². The van der Waals surface area contributed by atoms with Gasteiger partial charge in [-0.05, 0) is 31.9 Å². The molecule has 0 bridgehead atoms. The van der Waals surface area contributed by atoms with Crippen molar-refractivity contribution in [3.8, 4) is 0 Å². The molecule has 13 heavy (non-hydrogen) atoms. The summed E-state index contributed by atoms with van der Waals surface area (Å²) in [5, 5.41) is 0.625. The Bertz CT molecular complexity index is 290. The normalized spacial score (nSPS) is 11.0. The van der Waals surface area contributed by atoms with Crippen LogP contribution in [0.15, 0.2) is 30.3 Å². The van der Waals surface area contributed by atoms with Gasteiger partial charge in [0.25, 0.3) is 0 Å². The number of hydrogen-bond donors (Lipinski definition) is 0. The van der Waals surface area contributed by atoms with Crippen LogP contribution in [-0.4, -0.2) is 13.4 Å². The monoisotopic (exact) mass is 210 g/mol. The smallest absolute Gasteiger partial charge is 0.243 e. The van der Waals surface area contributed by atoms with Gasteiger partial charge in [0.15, 0.2) is 5.05 Å². The summed E-state index contributed by atoms with van der Waals surface area (Å²) in [6.07, 6.45) is 0. The molecule has 0 saturated heterocycles. The third-order valence-corrected chi connectivity index (χ3v) is 2.69. The summed E-state index contributed by atoms with van der Waals surface area (Å²) in [5.74, 6) is 0. The Labute approximate surface area is 85.9 Å². The summed E-state index contributed by atoms with van der Waals surface area (Å²) >= 11 is 5.18. The molecular formula is C10H14OSSi. The lowest BCUT2D eigenvalue weighted by Gasteiger charge is -2.19. The van der Waals surface area contributed by atoms with E-state index < -0.39 is 8.32 Å². The highest BCUT2D eigenvalue weighted by molar-refractivity contribution is 7.80. The molecule has 70 valence electrons. The first-order chi connectivity index (χ1) is 5.99. The first-order valence-electron chi connectivity index (χ1n) is 4.27. The maximum absolute atomic E-state index is 5.69. The second-order valence-corrected chi connectivity index (χ2v) is 8.67. The van der Waals surface area contributed by atoms with Crippen LogP contribution < -0.4 is 0 Å². The minimum absolute atomic E-state index is 0.625. The van der Waals surface area contributed by atoms with E-state index in [1.54, 1.807) is 0 Å². The van der Waals surface area contributed by atoms with E-state index in [1.165, 1.54) is 0 Å². The zero-order valence-corrected chi connectivity index (χ0v) is 10.0. The topological polar surface area (TPSA) is 9.23 Å². The van der Waals surface area contributed by atoms with E-state index in [0.717, 1.165) is 5.56 Å². The van der Waals surface area contributed by atoms with Gasteiger partial charge in [-0.15, -0.1) is 0 Å².